The van der Waals surface area contributed by atoms with Gasteiger partial charge in [-0.2, -0.15) is 0 Å². The maximum Gasteiger partial charge on any atom is 0.251 e. The second kappa shape index (κ2) is 15.9. The van der Waals surface area contributed by atoms with E-state index < -0.39 is 49.1 Å². The summed E-state index contributed by atoms with van der Waals surface area (Å²) in [5.41, 5.74) is 0. The Kier molecular flexibility index (Phi) is 14.5. The highest BCUT2D eigenvalue weighted by molar-refractivity contribution is 5.81. The molecule has 1 aliphatic rings. The van der Waals surface area contributed by atoms with E-state index in [2.05, 4.69) is 12.2 Å². The molecule has 178 valence electrons. The Hall–Kier alpha value is -0.770. The molecule has 1 heterocycles. The highest BCUT2D eigenvalue weighted by atomic mass is 16.6. The predicted molar refractivity (Wildman–Crippen MR) is 114 cm³/mol. The van der Waals surface area contributed by atoms with E-state index in [1.165, 1.54) is 57.8 Å². The van der Waals surface area contributed by atoms with Gasteiger partial charge < -0.3 is 35.6 Å². The van der Waals surface area contributed by atoms with Gasteiger partial charge in [-0.1, -0.05) is 77.6 Å². The number of carbonyl (C=O) groups is 1. The first-order chi connectivity index (χ1) is 14.4. The molecule has 6 N–H and O–H groups in total. The number of carbonyl (C=O) groups excluding carboxylic acids is 1. The van der Waals surface area contributed by atoms with E-state index in [1.54, 1.807) is 0 Å². The van der Waals surface area contributed by atoms with Crippen molar-refractivity contribution in [1.29, 1.82) is 0 Å². The number of aliphatic hydroxyl groups excluding tert-OH is 5. The molecule has 6 atom stereocenters. The normalized spacial score (nSPS) is 27.7. The first kappa shape index (κ1) is 27.3. The lowest BCUT2D eigenvalue weighted by atomic mass is 9.92. The molecule has 30 heavy (non-hydrogen) atoms. The number of hydrogen-bond acceptors (Lipinski definition) is 7. The lowest BCUT2D eigenvalue weighted by Gasteiger charge is -2.41. The summed E-state index contributed by atoms with van der Waals surface area (Å²) in [7, 11) is 0. The fourth-order valence-corrected chi connectivity index (χ4v) is 3.82. The smallest absolute Gasteiger partial charge is 0.251 e. The highest BCUT2D eigenvalue weighted by Gasteiger charge is 2.47. The molecule has 0 bridgehead atoms. The van der Waals surface area contributed by atoms with Crippen LogP contribution in [0.1, 0.15) is 84.0 Å². The van der Waals surface area contributed by atoms with Crippen molar-refractivity contribution in [3.05, 3.63) is 0 Å². The van der Waals surface area contributed by atoms with Crippen LogP contribution in [0, 0.1) is 0 Å². The van der Waals surface area contributed by atoms with Gasteiger partial charge in [-0.3, -0.25) is 4.79 Å². The molecule has 8 nitrogen and oxygen atoms in total. The van der Waals surface area contributed by atoms with Crippen molar-refractivity contribution in [3.8, 4) is 0 Å². The van der Waals surface area contributed by atoms with Crippen LogP contribution in [0.5, 0.6) is 0 Å². The van der Waals surface area contributed by atoms with Crippen molar-refractivity contribution >= 4 is 5.91 Å². The average molecular weight is 434 g/mol. The van der Waals surface area contributed by atoms with Gasteiger partial charge in [0.2, 0.25) is 0 Å². The number of unbranched alkanes of at least 4 members (excludes halogenated alkanes) is 11. The summed E-state index contributed by atoms with van der Waals surface area (Å²) in [6, 6.07) is 0. The zero-order valence-electron chi connectivity index (χ0n) is 18.4. The third kappa shape index (κ3) is 9.58. The minimum Gasteiger partial charge on any atom is -0.394 e. The zero-order chi connectivity index (χ0) is 22.4. The van der Waals surface area contributed by atoms with Crippen molar-refractivity contribution in [2.75, 3.05) is 13.2 Å². The summed E-state index contributed by atoms with van der Waals surface area (Å²) in [4.78, 5) is 12.1. The van der Waals surface area contributed by atoms with Crippen LogP contribution < -0.4 is 5.32 Å². The first-order valence-corrected chi connectivity index (χ1v) is 11.7. The van der Waals surface area contributed by atoms with Gasteiger partial charge in [0.15, 0.2) is 6.10 Å². The SMILES string of the molecule is CCCCCCCCCCCCCCNC(=O)C(O)C1O[C@H](CO)[C@H](O)[C@H](O)[C@H]1O. The predicted octanol–water partition coefficient (Wildman–Crippen LogP) is 1.01. The summed E-state index contributed by atoms with van der Waals surface area (Å²) >= 11 is 0. The van der Waals surface area contributed by atoms with Crippen LogP contribution in [0.25, 0.3) is 0 Å². The standard InChI is InChI=1S/C22H43NO7/c1-2-3-4-5-6-7-8-9-10-11-12-13-14-23-22(29)20(28)21-19(27)18(26)17(25)16(15-24)30-21/h16-21,24-28H,2-15H2,1H3,(H,23,29)/t16-,17+,18+,19-,20?,21?/m1/s1. The van der Waals surface area contributed by atoms with Gasteiger partial charge in [-0.05, 0) is 6.42 Å². The number of amides is 1. The number of ether oxygens (including phenoxy) is 1. The second-order valence-corrected chi connectivity index (χ2v) is 8.42. The molecule has 1 aliphatic heterocycles. The van der Waals surface area contributed by atoms with E-state index in [0.29, 0.717) is 6.54 Å². The van der Waals surface area contributed by atoms with E-state index in [4.69, 9.17) is 4.74 Å². The zero-order valence-corrected chi connectivity index (χ0v) is 18.4. The van der Waals surface area contributed by atoms with Gasteiger partial charge in [-0.15, -0.1) is 0 Å². The Balaban J connectivity index is 2.10. The molecule has 1 rings (SSSR count). The number of nitrogens with one attached hydrogen (secondary N) is 1. The van der Waals surface area contributed by atoms with Crippen LogP contribution in [0.3, 0.4) is 0 Å². The van der Waals surface area contributed by atoms with E-state index in [0.717, 1.165) is 19.3 Å². The number of hydrogen-bond donors (Lipinski definition) is 6. The lowest BCUT2D eigenvalue weighted by Crippen LogP contribution is -2.63. The Bertz CT molecular complexity index is 449. The van der Waals surface area contributed by atoms with E-state index in [1.807, 2.05) is 0 Å². The molecule has 2 unspecified atom stereocenters. The maximum atomic E-state index is 12.1. The van der Waals surface area contributed by atoms with Gasteiger partial charge in [-0.25, -0.2) is 0 Å². The molecular formula is C22H43NO7. The molecule has 0 aromatic carbocycles. The Labute approximate surface area is 180 Å². The van der Waals surface area contributed by atoms with Crippen molar-refractivity contribution in [2.24, 2.45) is 0 Å². The van der Waals surface area contributed by atoms with Gasteiger partial charge in [0.25, 0.3) is 5.91 Å². The van der Waals surface area contributed by atoms with Crippen LogP contribution >= 0.6 is 0 Å². The van der Waals surface area contributed by atoms with Crippen molar-refractivity contribution < 1.29 is 35.1 Å². The highest BCUT2D eigenvalue weighted by Crippen LogP contribution is 2.23. The van der Waals surface area contributed by atoms with Crippen LogP contribution in [-0.4, -0.2) is 81.2 Å². The van der Waals surface area contributed by atoms with E-state index in [-0.39, 0.29) is 0 Å². The minimum atomic E-state index is -1.70. The van der Waals surface area contributed by atoms with Gasteiger partial charge in [0, 0.05) is 6.54 Å². The third-order valence-corrected chi connectivity index (χ3v) is 5.84. The van der Waals surface area contributed by atoms with Crippen LogP contribution in [0.15, 0.2) is 0 Å². The monoisotopic (exact) mass is 433 g/mol. The van der Waals surface area contributed by atoms with Crippen molar-refractivity contribution in [1.82, 2.24) is 5.32 Å². The third-order valence-electron chi connectivity index (χ3n) is 5.84. The first-order valence-electron chi connectivity index (χ1n) is 11.7. The molecule has 1 amide bonds. The molecule has 8 heteroatoms. The lowest BCUT2D eigenvalue weighted by molar-refractivity contribution is -0.247. The van der Waals surface area contributed by atoms with Crippen molar-refractivity contribution in [2.45, 2.75) is 121 Å². The molecular weight excluding hydrogens is 390 g/mol. The van der Waals surface area contributed by atoms with Crippen LogP contribution in [0.4, 0.5) is 0 Å². The molecule has 0 radical (unpaired) electrons. The Morgan fingerprint density at radius 1 is 0.833 bits per heavy atom. The topological polar surface area (TPSA) is 139 Å². The molecule has 1 fully saturated rings. The molecule has 0 aromatic heterocycles. The summed E-state index contributed by atoms with van der Waals surface area (Å²) in [6.45, 7) is 2.03. The number of rotatable bonds is 16. The molecule has 0 spiro atoms. The molecule has 0 aromatic rings. The molecule has 0 aliphatic carbocycles. The fourth-order valence-electron chi connectivity index (χ4n) is 3.82. The largest absolute Gasteiger partial charge is 0.394 e. The Morgan fingerprint density at radius 2 is 1.33 bits per heavy atom. The maximum absolute atomic E-state index is 12.1. The summed E-state index contributed by atoms with van der Waals surface area (Å²) in [5, 5.41) is 51.4. The summed E-state index contributed by atoms with van der Waals surface area (Å²) < 4.78 is 5.21. The van der Waals surface area contributed by atoms with Crippen LogP contribution in [0.2, 0.25) is 0 Å². The molecule has 1 saturated heterocycles. The minimum absolute atomic E-state index is 0.407. The number of aliphatic hydroxyl groups is 5. The van der Waals surface area contributed by atoms with Gasteiger partial charge in [0.1, 0.15) is 30.5 Å². The Morgan fingerprint density at radius 3 is 1.83 bits per heavy atom. The van der Waals surface area contributed by atoms with Crippen LogP contribution in [-0.2, 0) is 9.53 Å². The van der Waals surface area contributed by atoms with Gasteiger partial charge in [0.05, 0.1) is 6.61 Å². The molecule has 0 saturated carbocycles. The second-order valence-electron chi connectivity index (χ2n) is 8.42. The van der Waals surface area contributed by atoms with E-state index >= 15 is 0 Å². The fraction of sp³-hybridized carbons (Fsp3) is 0.955. The summed E-state index contributed by atoms with van der Waals surface area (Å²) in [5.74, 6) is -0.706. The summed E-state index contributed by atoms with van der Waals surface area (Å²) in [6.07, 6.45) is 5.59. The van der Waals surface area contributed by atoms with Gasteiger partial charge >= 0.3 is 0 Å². The average Bonchev–Trinajstić information content (AvgIpc) is 2.75. The van der Waals surface area contributed by atoms with E-state index in [9.17, 15) is 30.3 Å². The quantitative estimate of drug-likeness (QED) is 0.200. The van der Waals surface area contributed by atoms with Crippen molar-refractivity contribution in [3.63, 3.8) is 0 Å².